The summed E-state index contributed by atoms with van der Waals surface area (Å²) < 4.78 is 42.1. The summed E-state index contributed by atoms with van der Waals surface area (Å²) in [5.74, 6) is -0.356. The summed E-state index contributed by atoms with van der Waals surface area (Å²) in [5.41, 5.74) is -1.02. The number of amides is 1. The maximum atomic E-state index is 12.4. The predicted octanol–water partition coefficient (Wildman–Crippen LogP) is 0.681. The van der Waals surface area contributed by atoms with Crippen LogP contribution < -0.4 is 16.0 Å². The van der Waals surface area contributed by atoms with Crippen molar-refractivity contribution in [1.29, 1.82) is 0 Å². The van der Waals surface area contributed by atoms with Crippen molar-refractivity contribution >= 4 is 24.3 Å². The van der Waals surface area contributed by atoms with Crippen LogP contribution in [-0.2, 0) is 15.7 Å². The summed E-state index contributed by atoms with van der Waals surface area (Å²) in [5, 5.41) is 8.07. The van der Waals surface area contributed by atoms with E-state index in [2.05, 4.69) is 25.9 Å². The molecule has 7 nitrogen and oxygen atoms in total. The molecule has 1 amide bonds. The Hall–Kier alpha value is -1.65. The number of nitrogens with zero attached hydrogens (tertiary/aromatic N) is 2. The number of anilines is 1. The molecule has 0 aliphatic rings. The van der Waals surface area contributed by atoms with Crippen LogP contribution in [0.3, 0.4) is 0 Å². The van der Waals surface area contributed by atoms with Gasteiger partial charge in [-0.2, -0.15) is 13.2 Å². The molecule has 0 spiro atoms. The van der Waals surface area contributed by atoms with Crippen molar-refractivity contribution in [3.8, 4) is 0 Å². The molecule has 1 rings (SSSR count). The number of halogens is 4. The molecule has 23 heavy (non-hydrogen) atoms. The van der Waals surface area contributed by atoms with E-state index in [-0.39, 0.29) is 43.9 Å². The van der Waals surface area contributed by atoms with Gasteiger partial charge in [0.2, 0.25) is 11.9 Å². The first-order chi connectivity index (χ1) is 10.4. The fraction of sp³-hybridized carbons (Fsp3) is 0.583. The van der Waals surface area contributed by atoms with Crippen molar-refractivity contribution < 1.29 is 22.7 Å². The van der Waals surface area contributed by atoms with Crippen LogP contribution in [0.2, 0.25) is 0 Å². The fourth-order valence-electron chi connectivity index (χ4n) is 1.42. The Morgan fingerprint density at radius 1 is 1.30 bits per heavy atom. The maximum absolute atomic E-state index is 12.4. The molecule has 3 N–H and O–H groups in total. The van der Waals surface area contributed by atoms with Crippen molar-refractivity contribution in [2.75, 3.05) is 45.2 Å². The van der Waals surface area contributed by atoms with Crippen LogP contribution in [0.4, 0.5) is 19.1 Å². The largest absolute Gasteiger partial charge is 0.433 e. The molecule has 0 fully saturated rings. The molecule has 0 saturated carbocycles. The normalized spacial score (nSPS) is 10.8. The van der Waals surface area contributed by atoms with E-state index in [1.54, 1.807) is 7.11 Å². The highest BCUT2D eigenvalue weighted by Gasteiger charge is 2.32. The molecule has 0 atom stereocenters. The van der Waals surface area contributed by atoms with Gasteiger partial charge in [0.05, 0.1) is 13.2 Å². The monoisotopic (exact) mass is 357 g/mol. The second-order valence-electron chi connectivity index (χ2n) is 4.21. The summed E-state index contributed by atoms with van der Waals surface area (Å²) in [4.78, 5) is 18.4. The molecule has 0 aliphatic carbocycles. The van der Waals surface area contributed by atoms with Crippen molar-refractivity contribution in [1.82, 2.24) is 20.6 Å². The molecule has 0 radical (unpaired) electrons. The third kappa shape index (κ3) is 9.16. The highest BCUT2D eigenvalue weighted by Crippen LogP contribution is 2.27. The van der Waals surface area contributed by atoms with E-state index in [1.165, 1.54) is 0 Å². The predicted molar refractivity (Wildman–Crippen MR) is 80.5 cm³/mol. The second kappa shape index (κ2) is 11.0. The molecule has 1 aromatic heterocycles. The third-order valence-electron chi connectivity index (χ3n) is 2.44. The lowest BCUT2D eigenvalue weighted by Crippen LogP contribution is -2.37. The minimum absolute atomic E-state index is 0. The summed E-state index contributed by atoms with van der Waals surface area (Å²) >= 11 is 0. The van der Waals surface area contributed by atoms with Gasteiger partial charge in [-0.05, 0) is 6.07 Å². The number of aromatic nitrogens is 2. The Morgan fingerprint density at radius 3 is 2.70 bits per heavy atom. The summed E-state index contributed by atoms with van der Waals surface area (Å²) in [6.45, 7) is 1.65. The fourth-order valence-corrected chi connectivity index (χ4v) is 1.42. The van der Waals surface area contributed by atoms with Gasteiger partial charge in [0.15, 0.2) is 0 Å². The van der Waals surface area contributed by atoms with Gasteiger partial charge in [0, 0.05) is 32.9 Å². The highest BCUT2D eigenvalue weighted by molar-refractivity contribution is 5.85. The van der Waals surface area contributed by atoms with E-state index in [0.717, 1.165) is 12.3 Å². The first-order valence-electron chi connectivity index (χ1n) is 6.54. The molecule has 0 saturated heterocycles. The molecular weight excluding hydrogens is 339 g/mol. The molecule has 0 unspecified atom stereocenters. The summed E-state index contributed by atoms with van der Waals surface area (Å²) in [7, 11) is 1.56. The minimum Gasteiger partial charge on any atom is -0.383 e. The molecular formula is C12H19ClF3N5O2. The van der Waals surface area contributed by atoms with Gasteiger partial charge in [-0.3, -0.25) is 4.79 Å². The number of carbonyl (C=O) groups excluding carboxylic acids is 1. The van der Waals surface area contributed by atoms with Crippen LogP contribution in [0, 0.1) is 0 Å². The molecule has 0 aromatic carbocycles. The van der Waals surface area contributed by atoms with Gasteiger partial charge in [-0.1, -0.05) is 0 Å². The number of hydrogen-bond acceptors (Lipinski definition) is 6. The topological polar surface area (TPSA) is 88.2 Å². The van der Waals surface area contributed by atoms with E-state index in [4.69, 9.17) is 4.74 Å². The number of rotatable bonds is 9. The SMILES string of the molecule is COCCNCC(=O)NCCNc1nccc(C(F)(F)F)n1.Cl. The van der Waals surface area contributed by atoms with Crippen LogP contribution in [0.15, 0.2) is 12.3 Å². The Kier molecular flexibility index (Phi) is 10.2. The van der Waals surface area contributed by atoms with E-state index in [0.29, 0.717) is 13.2 Å². The minimum atomic E-state index is -4.51. The lowest BCUT2D eigenvalue weighted by Gasteiger charge is -2.09. The Morgan fingerprint density at radius 2 is 2.04 bits per heavy atom. The average Bonchev–Trinajstić information content (AvgIpc) is 2.48. The van der Waals surface area contributed by atoms with E-state index < -0.39 is 11.9 Å². The molecule has 1 aromatic rings. The van der Waals surface area contributed by atoms with Gasteiger partial charge in [-0.15, -0.1) is 12.4 Å². The van der Waals surface area contributed by atoms with Crippen LogP contribution in [0.5, 0.6) is 0 Å². The van der Waals surface area contributed by atoms with Crippen molar-refractivity contribution in [3.05, 3.63) is 18.0 Å². The number of ether oxygens (including phenoxy) is 1. The Balaban J connectivity index is 0.00000484. The van der Waals surface area contributed by atoms with Crippen LogP contribution in [0.1, 0.15) is 5.69 Å². The standard InChI is InChI=1S/C12H18F3N5O2.ClH/c1-22-7-6-16-8-10(21)17-4-5-19-11-18-3-2-9(20-11)12(13,14)15;/h2-3,16H,4-8H2,1H3,(H,17,21)(H,18,19,20);1H. The molecule has 132 valence electrons. The quantitative estimate of drug-likeness (QED) is 0.563. The molecule has 0 aliphatic heterocycles. The smallest absolute Gasteiger partial charge is 0.383 e. The van der Waals surface area contributed by atoms with Gasteiger partial charge in [-0.25, -0.2) is 9.97 Å². The Bertz CT molecular complexity index is 476. The third-order valence-corrected chi connectivity index (χ3v) is 2.44. The zero-order valence-corrected chi connectivity index (χ0v) is 13.3. The lowest BCUT2D eigenvalue weighted by molar-refractivity contribution is -0.141. The molecule has 1 heterocycles. The molecule has 0 bridgehead atoms. The van der Waals surface area contributed by atoms with Crippen LogP contribution >= 0.6 is 12.4 Å². The number of carbonyl (C=O) groups is 1. The van der Waals surface area contributed by atoms with Crippen LogP contribution in [0.25, 0.3) is 0 Å². The number of alkyl halides is 3. The van der Waals surface area contributed by atoms with E-state index >= 15 is 0 Å². The zero-order chi connectivity index (χ0) is 16.4. The second-order valence-corrected chi connectivity index (χ2v) is 4.21. The first-order valence-corrected chi connectivity index (χ1v) is 6.54. The lowest BCUT2D eigenvalue weighted by atomic mass is 10.4. The average molecular weight is 358 g/mol. The van der Waals surface area contributed by atoms with Crippen LogP contribution in [-0.4, -0.2) is 55.8 Å². The maximum Gasteiger partial charge on any atom is 0.433 e. The van der Waals surface area contributed by atoms with Gasteiger partial charge in [0.25, 0.3) is 0 Å². The summed E-state index contributed by atoms with van der Waals surface area (Å²) in [6, 6.07) is 0.790. The first kappa shape index (κ1) is 21.4. The number of methoxy groups -OCH3 is 1. The summed E-state index contributed by atoms with van der Waals surface area (Å²) in [6.07, 6.45) is -3.49. The van der Waals surface area contributed by atoms with E-state index in [1.807, 2.05) is 0 Å². The van der Waals surface area contributed by atoms with Gasteiger partial charge >= 0.3 is 6.18 Å². The van der Waals surface area contributed by atoms with Gasteiger partial charge in [0.1, 0.15) is 5.69 Å². The van der Waals surface area contributed by atoms with Crippen molar-refractivity contribution in [3.63, 3.8) is 0 Å². The number of nitrogens with one attached hydrogen (secondary N) is 3. The van der Waals surface area contributed by atoms with Gasteiger partial charge < -0.3 is 20.7 Å². The molecule has 11 heteroatoms. The van der Waals surface area contributed by atoms with E-state index in [9.17, 15) is 18.0 Å². The van der Waals surface area contributed by atoms with Crippen molar-refractivity contribution in [2.45, 2.75) is 6.18 Å². The highest BCUT2D eigenvalue weighted by atomic mass is 35.5. The van der Waals surface area contributed by atoms with Crippen molar-refractivity contribution in [2.24, 2.45) is 0 Å². The Labute approximate surface area is 137 Å². The zero-order valence-electron chi connectivity index (χ0n) is 12.4. The number of hydrogen-bond donors (Lipinski definition) is 3.